The molecule has 154 valence electrons. The molecule has 0 unspecified atom stereocenters. The van der Waals surface area contributed by atoms with Crippen molar-refractivity contribution in [2.75, 3.05) is 50.7 Å². The second-order valence-electron chi connectivity index (χ2n) is 6.82. The third-order valence-electron chi connectivity index (χ3n) is 5.11. The van der Waals surface area contributed by atoms with Crippen molar-refractivity contribution in [1.29, 1.82) is 0 Å². The molecule has 1 aromatic carbocycles. The van der Waals surface area contributed by atoms with Crippen LogP contribution < -0.4 is 20.1 Å². The second-order valence-corrected chi connectivity index (χ2v) is 8.75. The van der Waals surface area contributed by atoms with Gasteiger partial charge in [-0.05, 0) is 18.9 Å². The SMILES string of the molecule is CCN(C1CCN(c2nc(N)c3cc(OC)c(OC)cc3n2)CC1)S(C)(=O)=O. The van der Waals surface area contributed by atoms with E-state index in [1.165, 1.54) is 6.26 Å². The molecule has 1 aliphatic heterocycles. The Hall–Kier alpha value is -2.33. The third kappa shape index (κ3) is 3.93. The lowest BCUT2D eigenvalue weighted by atomic mass is 10.1. The average Bonchev–Trinajstić information content (AvgIpc) is 2.67. The first-order valence-corrected chi connectivity index (χ1v) is 11.0. The molecule has 0 atom stereocenters. The molecule has 1 saturated heterocycles. The minimum Gasteiger partial charge on any atom is -0.493 e. The fourth-order valence-electron chi connectivity index (χ4n) is 3.73. The van der Waals surface area contributed by atoms with Gasteiger partial charge < -0.3 is 20.1 Å². The van der Waals surface area contributed by atoms with E-state index in [0.717, 1.165) is 0 Å². The Kier molecular flexibility index (Phi) is 5.80. The maximum Gasteiger partial charge on any atom is 0.227 e. The zero-order valence-corrected chi connectivity index (χ0v) is 17.5. The van der Waals surface area contributed by atoms with Crippen LogP contribution in [0, 0.1) is 0 Å². The van der Waals surface area contributed by atoms with E-state index < -0.39 is 10.0 Å². The number of ether oxygens (including phenoxy) is 2. The molecule has 0 saturated carbocycles. The number of methoxy groups -OCH3 is 2. The first-order valence-electron chi connectivity index (χ1n) is 9.19. The molecule has 2 aromatic rings. The van der Waals surface area contributed by atoms with Gasteiger partial charge in [0.25, 0.3) is 0 Å². The average molecular weight is 410 g/mol. The summed E-state index contributed by atoms with van der Waals surface area (Å²) in [4.78, 5) is 11.1. The molecule has 1 aromatic heterocycles. The van der Waals surface area contributed by atoms with E-state index in [4.69, 9.17) is 15.2 Å². The minimum atomic E-state index is -3.21. The number of fused-ring (bicyclic) bond motifs is 1. The summed E-state index contributed by atoms with van der Waals surface area (Å²) < 4.78 is 36.2. The van der Waals surface area contributed by atoms with Crippen LogP contribution in [0.5, 0.6) is 11.5 Å². The van der Waals surface area contributed by atoms with Crippen molar-refractivity contribution in [3.63, 3.8) is 0 Å². The number of nitrogen functional groups attached to an aromatic ring is 1. The second kappa shape index (κ2) is 7.96. The Balaban J connectivity index is 1.85. The van der Waals surface area contributed by atoms with E-state index >= 15 is 0 Å². The molecular formula is C18H27N5O4S. The highest BCUT2D eigenvalue weighted by Crippen LogP contribution is 2.34. The normalized spacial score (nSPS) is 16.0. The smallest absolute Gasteiger partial charge is 0.227 e. The summed E-state index contributed by atoms with van der Waals surface area (Å²) in [6.45, 7) is 3.66. The van der Waals surface area contributed by atoms with Gasteiger partial charge in [0.2, 0.25) is 16.0 Å². The number of rotatable bonds is 6. The quantitative estimate of drug-likeness (QED) is 0.764. The van der Waals surface area contributed by atoms with Crippen LogP contribution in [0.15, 0.2) is 12.1 Å². The molecule has 0 aliphatic carbocycles. The van der Waals surface area contributed by atoms with Crippen molar-refractivity contribution in [1.82, 2.24) is 14.3 Å². The highest BCUT2D eigenvalue weighted by Gasteiger charge is 2.30. The molecule has 28 heavy (non-hydrogen) atoms. The van der Waals surface area contributed by atoms with Crippen LogP contribution in [-0.2, 0) is 10.0 Å². The molecule has 2 heterocycles. The van der Waals surface area contributed by atoms with Gasteiger partial charge in [-0.2, -0.15) is 9.29 Å². The topological polar surface area (TPSA) is 111 Å². The van der Waals surface area contributed by atoms with Crippen molar-refractivity contribution in [3.8, 4) is 11.5 Å². The summed E-state index contributed by atoms with van der Waals surface area (Å²) in [7, 11) is -0.0733. The number of nitrogens with two attached hydrogens (primary N) is 1. The summed E-state index contributed by atoms with van der Waals surface area (Å²) in [6.07, 6.45) is 2.69. The summed E-state index contributed by atoms with van der Waals surface area (Å²) >= 11 is 0. The lowest BCUT2D eigenvalue weighted by molar-refractivity contribution is 0.284. The van der Waals surface area contributed by atoms with Crippen LogP contribution in [0.1, 0.15) is 19.8 Å². The monoisotopic (exact) mass is 409 g/mol. The Morgan fingerprint density at radius 3 is 2.32 bits per heavy atom. The van der Waals surface area contributed by atoms with Crippen molar-refractivity contribution in [2.24, 2.45) is 0 Å². The van der Waals surface area contributed by atoms with Gasteiger partial charge in [-0.3, -0.25) is 0 Å². The summed E-state index contributed by atoms with van der Waals surface area (Å²) in [5, 5.41) is 0.700. The Bertz CT molecular complexity index is 958. The van der Waals surface area contributed by atoms with Gasteiger partial charge in [0.05, 0.1) is 26.0 Å². The van der Waals surface area contributed by atoms with Gasteiger partial charge in [0, 0.05) is 37.1 Å². The molecular weight excluding hydrogens is 382 g/mol. The highest BCUT2D eigenvalue weighted by atomic mass is 32.2. The molecule has 0 bridgehead atoms. The number of anilines is 2. The van der Waals surface area contributed by atoms with Gasteiger partial charge >= 0.3 is 0 Å². The maximum absolute atomic E-state index is 12.0. The van der Waals surface area contributed by atoms with Crippen LogP contribution in [0.25, 0.3) is 10.9 Å². The molecule has 10 heteroatoms. The van der Waals surface area contributed by atoms with Gasteiger partial charge in [-0.15, -0.1) is 0 Å². The fraction of sp³-hybridized carbons (Fsp3) is 0.556. The Labute approximate surface area is 165 Å². The number of aromatic nitrogens is 2. The molecule has 0 amide bonds. The standard InChI is InChI=1S/C18H27N5O4S/c1-5-23(28(4,24)25)12-6-8-22(9-7-12)18-20-14-11-16(27-3)15(26-2)10-13(14)17(19)21-18/h10-12H,5-9H2,1-4H3,(H2,19,20,21). The van der Waals surface area contributed by atoms with Gasteiger partial charge in [-0.1, -0.05) is 6.92 Å². The van der Waals surface area contributed by atoms with Crippen molar-refractivity contribution in [3.05, 3.63) is 12.1 Å². The molecule has 2 N–H and O–H groups in total. The maximum atomic E-state index is 12.0. The van der Waals surface area contributed by atoms with E-state index in [9.17, 15) is 8.42 Å². The van der Waals surface area contributed by atoms with Crippen LogP contribution >= 0.6 is 0 Å². The zero-order chi connectivity index (χ0) is 20.5. The van der Waals surface area contributed by atoms with Crippen LogP contribution in [0.3, 0.4) is 0 Å². The molecule has 9 nitrogen and oxygen atoms in total. The van der Waals surface area contributed by atoms with Crippen LogP contribution in [0.2, 0.25) is 0 Å². The minimum absolute atomic E-state index is 0.00147. The number of hydrogen-bond acceptors (Lipinski definition) is 8. The van der Waals surface area contributed by atoms with Crippen molar-refractivity contribution >= 4 is 32.7 Å². The largest absolute Gasteiger partial charge is 0.493 e. The molecule has 0 spiro atoms. The summed E-state index contributed by atoms with van der Waals surface area (Å²) in [6, 6.07) is 3.55. The predicted molar refractivity (Wildman–Crippen MR) is 110 cm³/mol. The lowest BCUT2D eigenvalue weighted by Gasteiger charge is -2.36. The third-order valence-corrected chi connectivity index (χ3v) is 6.52. The number of sulfonamides is 1. The predicted octanol–water partition coefficient (Wildman–Crippen LogP) is 1.48. The van der Waals surface area contributed by atoms with E-state index in [-0.39, 0.29) is 6.04 Å². The van der Waals surface area contributed by atoms with Crippen molar-refractivity contribution < 1.29 is 17.9 Å². The van der Waals surface area contributed by atoms with Gasteiger partial charge in [-0.25, -0.2) is 13.4 Å². The Morgan fingerprint density at radius 1 is 1.18 bits per heavy atom. The van der Waals surface area contributed by atoms with Crippen LogP contribution in [0.4, 0.5) is 11.8 Å². The van der Waals surface area contributed by atoms with E-state index in [0.29, 0.717) is 66.6 Å². The first-order chi connectivity index (χ1) is 13.3. The summed E-state index contributed by atoms with van der Waals surface area (Å²) in [5.41, 5.74) is 6.85. The molecule has 1 fully saturated rings. The molecule has 0 radical (unpaired) electrons. The Morgan fingerprint density at radius 2 is 1.79 bits per heavy atom. The van der Waals surface area contributed by atoms with Gasteiger partial charge in [0.1, 0.15) is 5.82 Å². The van der Waals surface area contributed by atoms with E-state index in [1.54, 1.807) is 30.7 Å². The summed E-state index contributed by atoms with van der Waals surface area (Å²) in [5.74, 6) is 2.05. The molecule has 1 aliphatic rings. The van der Waals surface area contributed by atoms with Gasteiger partial charge in [0.15, 0.2) is 11.5 Å². The van der Waals surface area contributed by atoms with Crippen molar-refractivity contribution in [2.45, 2.75) is 25.8 Å². The van der Waals surface area contributed by atoms with E-state index in [2.05, 4.69) is 9.97 Å². The number of piperidine rings is 1. The zero-order valence-electron chi connectivity index (χ0n) is 16.7. The molecule has 3 rings (SSSR count). The lowest BCUT2D eigenvalue weighted by Crippen LogP contribution is -2.47. The first kappa shape index (κ1) is 20.4. The van der Waals surface area contributed by atoms with Crippen LogP contribution in [-0.4, -0.2) is 68.8 Å². The number of hydrogen-bond donors (Lipinski definition) is 1. The highest BCUT2D eigenvalue weighted by molar-refractivity contribution is 7.88. The number of benzene rings is 1. The fourth-order valence-corrected chi connectivity index (χ4v) is 4.95. The van der Waals surface area contributed by atoms with E-state index in [1.807, 2.05) is 11.8 Å². The number of nitrogens with zero attached hydrogens (tertiary/aromatic N) is 4.